The summed E-state index contributed by atoms with van der Waals surface area (Å²) in [6, 6.07) is 0. The van der Waals surface area contributed by atoms with Crippen LogP contribution in [0.15, 0.2) is 0 Å². The molecule has 0 aliphatic carbocycles. The highest BCUT2D eigenvalue weighted by atomic mass is 16.5. The first kappa shape index (κ1) is 14.9. The van der Waals surface area contributed by atoms with Crippen molar-refractivity contribution in [1.29, 1.82) is 0 Å². The number of rotatable bonds is 8. The summed E-state index contributed by atoms with van der Waals surface area (Å²) in [7, 11) is 3.57. The molecule has 1 unspecified atom stereocenters. The van der Waals surface area contributed by atoms with Crippen molar-refractivity contribution in [3.8, 4) is 0 Å². The van der Waals surface area contributed by atoms with Crippen LogP contribution in [0, 0.1) is 17.3 Å². The lowest BCUT2D eigenvalue weighted by Crippen LogP contribution is -2.39. The Morgan fingerprint density at radius 2 is 1.47 bits per heavy atom. The molecule has 0 spiro atoms. The zero-order valence-corrected chi connectivity index (χ0v) is 11.3. The Morgan fingerprint density at radius 1 is 1.00 bits per heavy atom. The van der Waals surface area contributed by atoms with Crippen molar-refractivity contribution in [2.75, 3.05) is 27.4 Å². The van der Waals surface area contributed by atoms with Crippen LogP contribution in [-0.4, -0.2) is 27.4 Å². The maximum Gasteiger partial charge on any atom is 0.0543 e. The molecular formula is C13H28O2. The Balaban J connectivity index is 4.70. The van der Waals surface area contributed by atoms with Gasteiger partial charge in [0.1, 0.15) is 0 Å². The van der Waals surface area contributed by atoms with E-state index in [0.29, 0.717) is 11.8 Å². The van der Waals surface area contributed by atoms with Gasteiger partial charge in [-0.15, -0.1) is 0 Å². The van der Waals surface area contributed by atoms with Gasteiger partial charge < -0.3 is 9.47 Å². The molecule has 0 aromatic heterocycles. The Bertz CT molecular complexity index is 149. The maximum absolute atomic E-state index is 5.40. The van der Waals surface area contributed by atoms with Gasteiger partial charge in [0.15, 0.2) is 0 Å². The van der Waals surface area contributed by atoms with E-state index >= 15 is 0 Å². The summed E-state index contributed by atoms with van der Waals surface area (Å²) >= 11 is 0. The maximum atomic E-state index is 5.40. The second-order valence-electron chi connectivity index (χ2n) is 5.14. The molecule has 0 heterocycles. The van der Waals surface area contributed by atoms with Crippen LogP contribution in [0.25, 0.3) is 0 Å². The normalized spacial score (nSPS) is 14.6. The lowest BCUT2D eigenvalue weighted by atomic mass is 9.71. The van der Waals surface area contributed by atoms with Gasteiger partial charge in [0, 0.05) is 19.6 Å². The molecule has 0 bridgehead atoms. The minimum atomic E-state index is 0.187. The first-order valence-electron chi connectivity index (χ1n) is 6.00. The molecule has 0 fully saturated rings. The topological polar surface area (TPSA) is 18.5 Å². The Morgan fingerprint density at radius 3 is 1.73 bits per heavy atom. The highest BCUT2D eigenvalue weighted by Crippen LogP contribution is 2.37. The van der Waals surface area contributed by atoms with E-state index in [-0.39, 0.29) is 5.41 Å². The average molecular weight is 216 g/mol. The van der Waals surface area contributed by atoms with Crippen LogP contribution >= 0.6 is 0 Å². The van der Waals surface area contributed by atoms with Gasteiger partial charge in [0.25, 0.3) is 0 Å². The van der Waals surface area contributed by atoms with Crippen molar-refractivity contribution in [2.45, 2.75) is 40.5 Å². The van der Waals surface area contributed by atoms with E-state index in [0.717, 1.165) is 13.2 Å². The number of hydrogen-bond donors (Lipinski definition) is 0. The lowest BCUT2D eigenvalue weighted by molar-refractivity contribution is -0.0394. The second kappa shape index (κ2) is 7.24. The quantitative estimate of drug-likeness (QED) is 0.619. The summed E-state index contributed by atoms with van der Waals surface area (Å²) in [5.41, 5.74) is 0.187. The van der Waals surface area contributed by atoms with E-state index in [9.17, 15) is 0 Å². The van der Waals surface area contributed by atoms with Gasteiger partial charge in [-0.3, -0.25) is 0 Å². The fraction of sp³-hybridized carbons (Fsp3) is 1.00. The molecule has 15 heavy (non-hydrogen) atoms. The van der Waals surface area contributed by atoms with Crippen molar-refractivity contribution < 1.29 is 9.47 Å². The van der Waals surface area contributed by atoms with Gasteiger partial charge in [-0.05, 0) is 18.3 Å². The number of methoxy groups -OCH3 is 2. The summed E-state index contributed by atoms with van der Waals surface area (Å²) in [6.45, 7) is 10.7. The molecule has 0 saturated heterocycles. The van der Waals surface area contributed by atoms with E-state index in [1.54, 1.807) is 14.2 Å². The fourth-order valence-corrected chi connectivity index (χ4v) is 2.47. The molecule has 0 aliphatic heterocycles. The summed E-state index contributed by atoms with van der Waals surface area (Å²) in [6.07, 6.45) is 2.35. The van der Waals surface area contributed by atoms with Crippen LogP contribution in [0.3, 0.4) is 0 Å². The fourth-order valence-electron chi connectivity index (χ4n) is 2.47. The smallest absolute Gasteiger partial charge is 0.0543 e. The van der Waals surface area contributed by atoms with Crippen molar-refractivity contribution in [3.05, 3.63) is 0 Å². The zero-order chi connectivity index (χ0) is 11.9. The van der Waals surface area contributed by atoms with Crippen LogP contribution in [0.5, 0.6) is 0 Å². The third-order valence-corrected chi connectivity index (χ3v) is 3.34. The van der Waals surface area contributed by atoms with Crippen LogP contribution in [-0.2, 0) is 9.47 Å². The van der Waals surface area contributed by atoms with Gasteiger partial charge in [-0.25, -0.2) is 0 Å². The third kappa shape index (κ3) is 4.52. The van der Waals surface area contributed by atoms with Gasteiger partial charge in [0.2, 0.25) is 0 Å². The molecular weight excluding hydrogens is 188 g/mol. The van der Waals surface area contributed by atoms with E-state index in [1.807, 2.05) is 0 Å². The second-order valence-corrected chi connectivity index (χ2v) is 5.14. The number of ether oxygens (including phenoxy) is 2. The molecule has 2 heteroatoms. The summed E-state index contributed by atoms with van der Waals surface area (Å²) in [5, 5.41) is 0. The van der Waals surface area contributed by atoms with E-state index in [1.165, 1.54) is 12.8 Å². The average Bonchev–Trinajstić information content (AvgIpc) is 2.16. The SMILES string of the molecule is CCC(C)C(COC)(COC)CC(C)C. The van der Waals surface area contributed by atoms with Gasteiger partial charge in [-0.2, -0.15) is 0 Å². The Kier molecular flexibility index (Phi) is 7.20. The largest absolute Gasteiger partial charge is 0.384 e. The van der Waals surface area contributed by atoms with E-state index in [4.69, 9.17) is 9.47 Å². The molecule has 0 aromatic carbocycles. The summed E-state index contributed by atoms with van der Waals surface area (Å²) in [4.78, 5) is 0. The minimum Gasteiger partial charge on any atom is -0.384 e. The monoisotopic (exact) mass is 216 g/mol. The highest BCUT2D eigenvalue weighted by Gasteiger charge is 2.36. The summed E-state index contributed by atoms with van der Waals surface area (Å²) < 4.78 is 10.8. The predicted octanol–water partition coefficient (Wildman–Crippen LogP) is 3.36. The van der Waals surface area contributed by atoms with Gasteiger partial charge >= 0.3 is 0 Å². The van der Waals surface area contributed by atoms with Crippen molar-refractivity contribution >= 4 is 0 Å². The third-order valence-electron chi connectivity index (χ3n) is 3.34. The lowest BCUT2D eigenvalue weighted by Gasteiger charge is -2.39. The molecule has 2 nitrogen and oxygen atoms in total. The Hall–Kier alpha value is -0.0800. The Labute approximate surface area is 95.3 Å². The van der Waals surface area contributed by atoms with Crippen molar-refractivity contribution in [3.63, 3.8) is 0 Å². The molecule has 0 saturated carbocycles. The molecule has 0 rings (SSSR count). The van der Waals surface area contributed by atoms with Crippen LogP contribution in [0.4, 0.5) is 0 Å². The molecule has 0 aliphatic rings. The van der Waals surface area contributed by atoms with Crippen molar-refractivity contribution in [2.24, 2.45) is 17.3 Å². The molecule has 1 atom stereocenters. The predicted molar refractivity (Wildman–Crippen MR) is 65.1 cm³/mol. The first-order valence-corrected chi connectivity index (χ1v) is 6.00. The number of hydrogen-bond acceptors (Lipinski definition) is 2. The summed E-state index contributed by atoms with van der Waals surface area (Å²) in [5.74, 6) is 1.32. The van der Waals surface area contributed by atoms with E-state index in [2.05, 4.69) is 27.7 Å². The molecule has 0 radical (unpaired) electrons. The minimum absolute atomic E-state index is 0.187. The zero-order valence-electron chi connectivity index (χ0n) is 11.3. The molecule has 0 amide bonds. The first-order chi connectivity index (χ1) is 7.02. The van der Waals surface area contributed by atoms with Crippen LogP contribution < -0.4 is 0 Å². The molecule has 0 N–H and O–H groups in total. The highest BCUT2D eigenvalue weighted by molar-refractivity contribution is 4.84. The molecule has 0 aromatic rings. The van der Waals surface area contributed by atoms with E-state index < -0.39 is 0 Å². The van der Waals surface area contributed by atoms with Crippen LogP contribution in [0.2, 0.25) is 0 Å². The van der Waals surface area contributed by atoms with Crippen LogP contribution in [0.1, 0.15) is 40.5 Å². The van der Waals surface area contributed by atoms with Crippen molar-refractivity contribution in [1.82, 2.24) is 0 Å². The van der Waals surface area contributed by atoms with Gasteiger partial charge in [-0.1, -0.05) is 34.1 Å². The van der Waals surface area contributed by atoms with Gasteiger partial charge in [0.05, 0.1) is 13.2 Å². The molecule has 92 valence electrons. The standard InChI is InChI=1S/C13H28O2/c1-7-12(4)13(9-14-5,10-15-6)8-11(2)3/h11-12H,7-10H2,1-6H3.